The van der Waals surface area contributed by atoms with Gasteiger partial charge in [-0.25, -0.2) is 5.43 Å². The zero-order valence-corrected chi connectivity index (χ0v) is 14.6. The molecule has 0 saturated carbocycles. The molecule has 3 rings (SSSR count). The Bertz CT molecular complexity index is 837. The van der Waals surface area contributed by atoms with Crippen LogP contribution in [0, 0.1) is 5.92 Å². The van der Waals surface area contributed by atoms with Gasteiger partial charge >= 0.3 is 5.97 Å². The van der Waals surface area contributed by atoms with Gasteiger partial charge in [-0.2, -0.15) is 5.10 Å². The predicted molar refractivity (Wildman–Crippen MR) is 95.5 cm³/mol. The number of hydrogen-bond acceptors (Lipinski definition) is 4. The molecular weight excluding hydrogens is 363 g/mol. The smallest absolute Gasteiger partial charge is 0.315 e. The Labute approximate surface area is 154 Å². The van der Waals surface area contributed by atoms with E-state index in [1.165, 1.54) is 0 Å². The van der Waals surface area contributed by atoms with Gasteiger partial charge in [0.1, 0.15) is 12.5 Å². The third-order valence-electron chi connectivity index (χ3n) is 3.74. The maximum absolute atomic E-state index is 12.5. The first-order valence-corrected chi connectivity index (χ1v) is 8.32. The summed E-state index contributed by atoms with van der Waals surface area (Å²) in [5.41, 5.74) is 4.26. The van der Waals surface area contributed by atoms with Crippen molar-refractivity contribution >= 4 is 40.8 Å². The van der Waals surface area contributed by atoms with E-state index in [1.807, 2.05) is 30.3 Å². The van der Waals surface area contributed by atoms with Crippen LogP contribution < -0.4 is 5.43 Å². The average molecular weight is 377 g/mol. The molecule has 7 heteroatoms. The van der Waals surface area contributed by atoms with Gasteiger partial charge in [0.05, 0.1) is 15.8 Å². The minimum Gasteiger partial charge on any atom is -0.460 e. The second kappa shape index (κ2) is 7.68. The van der Waals surface area contributed by atoms with Crippen molar-refractivity contribution in [3.8, 4) is 0 Å². The van der Waals surface area contributed by atoms with E-state index in [2.05, 4.69) is 10.5 Å². The lowest BCUT2D eigenvalue weighted by molar-refractivity contribution is -0.149. The van der Waals surface area contributed by atoms with Crippen LogP contribution in [-0.2, 0) is 20.9 Å². The number of benzene rings is 2. The lowest BCUT2D eigenvalue weighted by atomic mass is 9.92. The van der Waals surface area contributed by atoms with Crippen LogP contribution in [0.1, 0.15) is 17.5 Å². The number of hydrogen-bond donors (Lipinski definition) is 1. The van der Waals surface area contributed by atoms with Crippen LogP contribution in [0.25, 0.3) is 0 Å². The summed E-state index contributed by atoms with van der Waals surface area (Å²) in [6, 6.07) is 14.2. The molecule has 25 heavy (non-hydrogen) atoms. The van der Waals surface area contributed by atoms with E-state index < -0.39 is 11.9 Å². The van der Waals surface area contributed by atoms with E-state index in [9.17, 15) is 9.59 Å². The first-order valence-electron chi connectivity index (χ1n) is 7.57. The minimum absolute atomic E-state index is 0.0350. The lowest BCUT2D eigenvalue weighted by Gasteiger charge is -2.22. The monoisotopic (exact) mass is 376 g/mol. The molecule has 2 aromatic carbocycles. The van der Waals surface area contributed by atoms with E-state index >= 15 is 0 Å². The molecule has 1 aliphatic heterocycles. The molecular formula is C18H14Cl2N2O3. The van der Waals surface area contributed by atoms with Crippen molar-refractivity contribution < 1.29 is 14.3 Å². The Hall–Kier alpha value is -2.37. The Balaban J connectivity index is 1.80. The molecule has 1 N–H and O–H groups in total. The fourth-order valence-electron chi connectivity index (χ4n) is 2.47. The molecule has 1 unspecified atom stereocenters. The highest BCUT2D eigenvalue weighted by molar-refractivity contribution is 6.42. The van der Waals surface area contributed by atoms with Crippen molar-refractivity contribution in [1.82, 2.24) is 5.43 Å². The van der Waals surface area contributed by atoms with Crippen LogP contribution in [0.4, 0.5) is 0 Å². The van der Waals surface area contributed by atoms with Gasteiger partial charge in [-0.3, -0.25) is 9.59 Å². The SMILES string of the molecule is O=C1CC(C(=O)OCc2ccccc2)C(c2ccc(Cl)c(Cl)c2)=NN1. The maximum Gasteiger partial charge on any atom is 0.315 e. The summed E-state index contributed by atoms with van der Waals surface area (Å²) in [5, 5.41) is 4.76. The van der Waals surface area contributed by atoms with Crippen LogP contribution in [0.5, 0.6) is 0 Å². The molecule has 0 fully saturated rings. The van der Waals surface area contributed by atoms with Crippen LogP contribution in [-0.4, -0.2) is 17.6 Å². The number of nitrogens with one attached hydrogen (secondary N) is 1. The number of nitrogens with zero attached hydrogens (tertiary/aromatic N) is 1. The number of ether oxygens (including phenoxy) is 1. The molecule has 0 spiro atoms. The topological polar surface area (TPSA) is 67.8 Å². The van der Waals surface area contributed by atoms with E-state index in [0.29, 0.717) is 21.3 Å². The van der Waals surface area contributed by atoms with Gasteiger partial charge in [-0.1, -0.05) is 59.6 Å². The van der Waals surface area contributed by atoms with Crippen molar-refractivity contribution in [3.63, 3.8) is 0 Å². The van der Waals surface area contributed by atoms with Crippen molar-refractivity contribution in [2.24, 2.45) is 11.0 Å². The van der Waals surface area contributed by atoms with Crippen molar-refractivity contribution in [3.05, 3.63) is 69.7 Å². The zero-order valence-electron chi connectivity index (χ0n) is 13.0. The number of carbonyl (C=O) groups is 2. The highest BCUT2D eigenvalue weighted by Gasteiger charge is 2.33. The molecule has 2 aromatic rings. The van der Waals surface area contributed by atoms with E-state index in [-0.39, 0.29) is 18.9 Å². The van der Waals surface area contributed by atoms with Crippen LogP contribution >= 0.6 is 23.2 Å². The number of carbonyl (C=O) groups excluding carboxylic acids is 2. The zero-order chi connectivity index (χ0) is 17.8. The maximum atomic E-state index is 12.5. The van der Waals surface area contributed by atoms with E-state index in [0.717, 1.165) is 5.56 Å². The van der Waals surface area contributed by atoms with Crippen molar-refractivity contribution in [1.29, 1.82) is 0 Å². The third kappa shape index (κ3) is 4.18. The first-order chi connectivity index (χ1) is 12.0. The van der Waals surface area contributed by atoms with Gasteiger partial charge in [0.25, 0.3) is 0 Å². The third-order valence-corrected chi connectivity index (χ3v) is 4.48. The molecule has 0 bridgehead atoms. The highest BCUT2D eigenvalue weighted by atomic mass is 35.5. The Morgan fingerprint density at radius 1 is 1.16 bits per heavy atom. The molecule has 0 aromatic heterocycles. The number of hydrazone groups is 1. The predicted octanol–water partition coefficient (Wildman–Crippen LogP) is 3.58. The fourth-order valence-corrected chi connectivity index (χ4v) is 2.77. The number of halogens is 2. The summed E-state index contributed by atoms with van der Waals surface area (Å²) in [5.74, 6) is -1.65. The average Bonchev–Trinajstić information content (AvgIpc) is 2.63. The van der Waals surface area contributed by atoms with Gasteiger partial charge in [-0.05, 0) is 17.7 Å². The summed E-state index contributed by atoms with van der Waals surface area (Å²) in [7, 11) is 0. The minimum atomic E-state index is -0.797. The second-order valence-electron chi connectivity index (χ2n) is 5.51. The Morgan fingerprint density at radius 3 is 2.64 bits per heavy atom. The van der Waals surface area contributed by atoms with E-state index in [1.54, 1.807) is 18.2 Å². The van der Waals surface area contributed by atoms with Crippen LogP contribution in [0.15, 0.2) is 53.6 Å². The molecule has 1 amide bonds. The van der Waals surface area contributed by atoms with Crippen molar-refractivity contribution in [2.75, 3.05) is 0 Å². The standard InChI is InChI=1S/C18H14Cl2N2O3/c19-14-7-6-12(8-15(14)20)17-13(9-16(23)21-22-17)18(24)25-10-11-4-2-1-3-5-11/h1-8,13H,9-10H2,(H,21,23). The Kier molecular flexibility index (Phi) is 5.36. The van der Waals surface area contributed by atoms with Gasteiger partial charge < -0.3 is 4.74 Å². The molecule has 0 aliphatic carbocycles. The quantitative estimate of drug-likeness (QED) is 0.829. The largest absolute Gasteiger partial charge is 0.460 e. The molecule has 0 radical (unpaired) electrons. The van der Waals surface area contributed by atoms with Crippen LogP contribution in [0.2, 0.25) is 10.0 Å². The molecule has 1 aliphatic rings. The van der Waals surface area contributed by atoms with E-state index in [4.69, 9.17) is 27.9 Å². The molecule has 5 nitrogen and oxygen atoms in total. The molecule has 1 heterocycles. The van der Waals surface area contributed by atoms with Crippen molar-refractivity contribution in [2.45, 2.75) is 13.0 Å². The number of amides is 1. The molecule has 0 saturated heterocycles. The second-order valence-corrected chi connectivity index (χ2v) is 6.33. The summed E-state index contributed by atoms with van der Waals surface area (Å²) >= 11 is 12.0. The van der Waals surface area contributed by atoms with Gasteiger partial charge in [0.2, 0.25) is 5.91 Å². The normalized spacial score (nSPS) is 16.8. The number of esters is 1. The molecule has 128 valence electrons. The van der Waals surface area contributed by atoms with Gasteiger partial charge in [0.15, 0.2) is 0 Å². The lowest BCUT2D eigenvalue weighted by Crippen LogP contribution is -2.38. The van der Waals surface area contributed by atoms with Gasteiger partial charge in [0, 0.05) is 12.0 Å². The first kappa shape index (κ1) is 17.5. The summed E-state index contributed by atoms with van der Waals surface area (Å²) in [6.45, 7) is 0.131. The van der Waals surface area contributed by atoms with Crippen LogP contribution in [0.3, 0.4) is 0 Å². The number of rotatable bonds is 4. The summed E-state index contributed by atoms with van der Waals surface area (Å²) < 4.78 is 5.36. The molecule has 1 atom stereocenters. The summed E-state index contributed by atoms with van der Waals surface area (Å²) in [6.07, 6.45) is -0.0350. The fraction of sp³-hybridized carbons (Fsp3) is 0.167. The highest BCUT2D eigenvalue weighted by Crippen LogP contribution is 2.26. The van der Waals surface area contributed by atoms with Gasteiger partial charge in [-0.15, -0.1) is 0 Å². The Morgan fingerprint density at radius 2 is 1.92 bits per heavy atom. The summed E-state index contributed by atoms with van der Waals surface area (Å²) in [4.78, 5) is 24.2.